The molecular formula is C21H29N7O2. The molecule has 0 atom stereocenters. The van der Waals surface area contributed by atoms with Crippen LogP contribution in [-0.2, 0) is 11.3 Å². The van der Waals surface area contributed by atoms with Crippen molar-refractivity contribution < 1.29 is 9.59 Å². The van der Waals surface area contributed by atoms with Gasteiger partial charge < -0.3 is 10.6 Å². The highest BCUT2D eigenvalue weighted by Crippen LogP contribution is 2.31. The molecule has 2 N–H and O–H groups in total. The molecule has 4 rings (SSSR count). The molecule has 1 aliphatic heterocycles. The van der Waals surface area contributed by atoms with Crippen LogP contribution in [0.5, 0.6) is 0 Å². The van der Waals surface area contributed by atoms with Crippen molar-refractivity contribution in [3.63, 3.8) is 0 Å². The van der Waals surface area contributed by atoms with E-state index in [1.54, 1.807) is 17.8 Å². The number of nitrogens with two attached hydrogens (primary N) is 1. The maximum Gasteiger partial charge on any atom is 0.267 e. The first-order valence-electron chi connectivity index (χ1n) is 10.8. The highest BCUT2D eigenvalue weighted by molar-refractivity contribution is 5.91. The van der Waals surface area contributed by atoms with E-state index in [0.717, 1.165) is 51.6 Å². The van der Waals surface area contributed by atoms with Crippen molar-refractivity contribution in [2.75, 3.05) is 13.1 Å². The number of primary amides is 1. The minimum Gasteiger partial charge on any atom is -0.364 e. The van der Waals surface area contributed by atoms with E-state index in [1.165, 1.54) is 6.42 Å². The van der Waals surface area contributed by atoms with E-state index in [1.807, 2.05) is 6.07 Å². The summed E-state index contributed by atoms with van der Waals surface area (Å²) in [4.78, 5) is 32.0. The van der Waals surface area contributed by atoms with Crippen LogP contribution < -0.4 is 5.73 Å². The van der Waals surface area contributed by atoms with Gasteiger partial charge in [0, 0.05) is 30.3 Å². The monoisotopic (exact) mass is 411 g/mol. The molecule has 160 valence electrons. The van der Waals surface area contributed by atoms with Gasteiger partial charge in [-0.05, 0) is 75.1 Å². The van der Waals surface area contributed by atoms with Crippen molar-refractivity contribution in [2.24, 2.45) is 17.6 Å². The van der Waals surface area contributed by atoms with Gasteiger partial charge in [0.15, 0.2) is 0 Å². The van der Waals surface area contributed by atoms with Crippen molar-refractivity contribution in [1.29, 1.82) is 0 Å². The van der Waals surface area contributed by atoms with Gasteiger partial charge in [0.25, 0.3) is 5.91 Å². The fraction of sp³-hybridized carbons (Fsp3) is 0.619. The van der Waals surface area contributed by atoms with Crippen molar-refractivity contribution in [2.45, 2.75) is 58.4 Å². The SMILES string of the molecule is Cc1cc(-c2nnn(C[C@H]3CC[C@H](C(=O)N4CCCCC4)CC3)n2)cc(C(N)=O)n1. The molecular weight excluding hydrogens is 382 g/mol. The van der Waals surface area contributed by atoms with E-state index in [2.05, 4.69) is 25.3 Å². The Bertz CT molecular complexity index is 912. The largest absolute Gasteiger partial charge is 0.364 e. The second-order valence-corrected chi connectivity index (χ2v) is 8.52. The third-order valence-corrected chi connectivity index (χ3v) is 6.20. The smallest absolute Gasteiger partial charge is 0.267 e. The summed E-state index contributed by atoms with van der Waals surface area (Å²) >= 11 is 0. The first-order valence-corrected chi connectivity index (χ1v) is 10.8. The van der Waals surface area contributed by atoms with E-state index in [9.17, 15) is 9.59 Å². The van der Waals surface area contributed by atoms with Crippen molar-refractivity contribution in [3.8, 4) is 11.4 Å². The first-order chi connectivity index (χ1) is 14.5. The highest BCUT2D eigenvalue weighted by atomic mass is 16.2. The summed E-state index contributed by atoms with van der Waals surface area (Å²) in [6.45, 7) is 4.33. The number of carbonyl (C=O) groups excluding carboxylic acids is 2. The van der Waals surface area contributed by atoms with Crippen LogP contribution >= 0.6 is 0 Å². The molecule has 2 aliphatic rings. The van der Waals surface area contributed by atoms with Gasteiger partial charge in [-0.25, -0.2) is 4.98 Å². The Morgan fingerprint density at radius 1 is 1.10 bits per heavy atom. The Labute approximate surface area is 176 Å². The van der Waals surface area contributed by atoms with Gasteiger partial charge in [0.2, 0.25) is 11.7 Å². The predicted octanol–water partition coefficient (Wildman–Crippen LogP) is 1.96. The third kappa shape index (κ3) is 4.66. The number of amides is 2. The molecule has 1 saturated carbocycles. The Morgan fingerprint density at radius 3 is 2.53 bits per heavy atom. The molecule has 1 saturated heterocycles. The zero-order chi connectivity index (χ0) is 21.1. The normalized spacial score (nSPS) is 22.1. The summed E-state index contributed by atoms with van der Waals surface area (Å²) in [5.41, 5.74) is 6.90. The summed E-state index contributed by atoms with van der Waals surface area (Å²) in [6.07, 6.45) is 7.40. The van der Waals surface area contributed by atoms with Gasteiger partial charge in [-0.1, -0.05) is 0 Å². The average Bonchev–Trinajstić information content (AvgIpc) is 3.22. The standard InChI is InChI=1S/C21H29N7O2/c1-14-11-17(12-18(23-14)19(22)29)20-24-26-28(25-20)13-15-5-7-16(8-6-15)21(30)27-9-3-2-4-10-27/h11-12,15-16H,2-10,13H2,1H3,(H2,22,29)/t15-,16-. The third-order valence-electron chi connectivity index (χ3n) is 6.20. The van der Waals surface area contributed by atoms with Crippen LogP contribution in [-0.4, -0.2) is 55.0 Å². The molecule has 0 unspecified atom stereocenters. The predicted molar refractivity (Wildman–Crippen MR) is 110 cm³/mol. The number of carbonyl (C=O) groups is 2. The molecule has 1 aliphatic carbocycles. The van der Waals surface area contributed by atoms with Crippen molar-refractivity contribution >= 4 is 11.8 Å². The van der Waals surface area contributed by atoms with Gasteiger partial charge in [0.1, 0.15) is 5.69 Å². The van der Waals surface area contributed by atoms with Gasteiger partial charge in [0.05, 0.1) is 6.54 Å². The molecule has 2 aromatic rings. The Morgan fingerprint density at radius 2 is 1.83 bits per heavy atom. The van der Waals surface area contributed by atoms with Crippen molar-refractivity contribution in [3.05, 3.63) is 23.5 Å². The molecule has 3 heterocycles. The van der Waals surface area contributed by atoms with Gasteiger partial charge >= 0.3 is 0 Å². The molecule has 2 fully saturated rings. The number of nitrogens with zero attached hydrogens (tertiary/aromatic N) is 6. The number of aryl methyl sites for hydroxylation is 1. The topological polar surface area (TPSA) is 120 Å². The fourth-order valence-electron chi connectivity index (χ4n) is 4.56. The van der Waals surface area contributed by atoms with Gasteiger partial charge in [-0.15, -0.1) is 10.2 Å². The summed E-state index contributed by atoms with van der Waals surface area (Å²) in [7, 11) is 0. The molecule has 2 aromatic heterocycles. The zero-order valence-corrected chi connectivity index (χ0v) is 17.5. The van der Waals surface area contributed by atoms with Crippen LogP contribution in [0.2, 0.25) is 0 Å². The number of piperidine rings is 1. The van der Waals surface area contributed by atoms with Crippen LogP contribution in [0.3, 0.4) is 0 Å². The molecule has 9 heteroatoms. The second-order valence-electron chi connectivity index (χ2n) is 8.52. The van der Waals surface area contributed by atoms with E-state index >= 15 is 0 Å². The van der Waals surface area contributed by atoms with Gasteiger partial charge in [-0.2, -0.15) is 4.80 Å². The quantitative estimate of drug-likeness (QED) is 0.803. The number of aromatic nitrogens is 5. The Balaban J connectivity index is 1.34. The minimum atomic E-state index is -0.580. The zero-order valence-electron chi connectivity index (χ0n) is 17.5. The number of hydrogen-bond donors (Lipinski definition) is 1. The maximum atomic E-state index is 12.7. The van der Waals surface area contributed by atoms with E-state index in [4.69, 9.17) is 5.73 Å². The number of pyridine rings is 1. The first kappa shape index (κ1) is 20.4. The summed E-state index contributed by atoms with van der Waals surface area (Å²) in [5.74, 6) is 0.844. The lowest BCUT2D eigenvalue weighted by atomic mass is 9.81. The maximum absolute atomic E-state index is 12.7. The lowest BCUT2D eigenvalue weighted by Crippen LogP contribution is -2.41. The van der Waals surface area contributed by atoms with Crippen LogP contribution in [0, 0.1) is 18.8 Å². The summed E-state index contributed by atoms with van der Waals surface area (Å²) < 4.78 is 0. The molecule has 30 heavy (non-hydrogen) atoms. The average molecular weight is 412 g/mol. The molecule has 9 nitrogen and oxygen atoms in total. The number of likely N-dealkylation sites (tertiary alicyclic amines) is 1. The van der Waals surface area contributed by atoms with Gasteiger partial charge in [-0.3, -0.25) is 9.59 Å². The second kappa shape index (κ2) is 8.89. The van der Waals surface area contributed by atoms with Crippen LogP contribution in [0.15, 0.2) is 12.1 Å². The fourth-order valence-corrected chi connectivity index (χ4v) is 4.56. The van der Waals surface area contributed by atoms with E-state index in [-0.39, 0.29) is 11.6 Å². The highest BCUT2D eigenvalue weighted by Gasteiger charge is 2.30. The number of tetrazole rings is 1. The molecule has 0 spiro atoms. The van der Waals surface area contributed by atoms with Crippen molar-refractivity contribution in [1.82, 2.24) is 30.1 Å². The van der Waals surface area contributed by atoms with Crippen LogP contribution in [0.25, 0.3) is 11.4 Å². The van der Waals surface area contributed by atoms with Crippen LogP contribution in [0.4, 0.5) is 0 Å². The molecule has 0 aromatic carbocycles. The minimum absolute atomic E-state index is 0.172. The van der Waals surface area contributed by atoms with Crippen LogP contribution in [0.1, 0.15) is 61.1 Å². The summed E-state index contributed by atoms with van der Waals surface area (Å²) in [5, 5.41) is 12.8. The van der Waals surface area contributed by atoms with E-state index < -0.39 is 5.91 Å². The van der Waals surface area contributed by atoms with E-state index in [0.29, 0.717) is 35.5 Å². The lowest BCUT2D eigenvalue weighted by Gasteiger charge is -2.33. The molecule has 0 bridgehead atoms. The Hall–Kier alpha value is -2.84. The number of rotatable bonds is 5. The number of hydrogen-bond acceptors (Lipinski definition) is 6. The molecule has 0 radical (unpaired) electrons. The summed E-state index contributed by atoms with van der Waals surface area (Å²) in [6, 6.07) is 3.40. The molecule has 2 amide bonds. The Kier molecular flexibility index (Phi) is 6.06. The lowest BCUT2D eigenvalue weighted by molar-refractivity contribution is -0.137.